The van der Waals surface area contributed by atoms with Crippen LogP contribution in [0, 0.1) is 0 Å². The van der Waals surface area contributed by atoms with Gasteiger partial charge < -0.3 is 9.84 Å². The third-order valence-electron chi connectivity index (χ3n) is 1.40. The first-order chi connectivity index (χ1) is 7.65. The third kappa shape index (κ3) is 3.16. The molecule has 4 heteroatoms. The zero-order chi connectivity index (χ0) is 13.3. The number of hydrogen-bond acceptors (Lipinski definition) is 2. The Balaban J connectivity index is 2.81. The minimum absolute atomic E-state index is 0.284. The summed E-state index contributed by atoms with van der Waals surface area (Å²) in [5, 5.41) is 9.50. The van der Waals surface area contributed by atoms with E-state index in [0.29, 0.717) is 5.56 Å². The number of halogens is 2. The summed E-state index contributed by atoms with van der Waals surface area (Å²) in [7, 11) is 0. The summed E-state index contributed by atoms with van der Waals surface area (Å²) in [6.07, 6.45) is 0. The highest BCUT2D eigenvalue weighted by molar-refractivity contribution is 6.35. The van der Waals surface area contributed by atoms with E-state index in [1.165, 1.54) is 0 Å². The summed E-state index contributed by atoms with van der Waals surface area (Å²) in [5.41, 5.74) is 0.337. The van der Waals surface area contributed by atoms with E-state index in [4.69, 9.17) is 33.8 Å². The van der Waals surface area contributed by atoms with E-state index >= 15 is 0 Å². The molecule has 0 fully saturated rings. The fourth-order valence-electron chi connectivity index (χ4n) is 0.811. The van der Waals surface area contributed by atoms with E-state index in [9.17, 15) is 0 Å². The van der Waals surface area contributed by atoms with Gasteiger partial charge in [-0.05, 0) is 12.1 Å². The number of benzene rings is 1. The Morgan fingerprint density at radius 1 is 1.38 bits per heavy atom. The Bertz CT molecular complexity index is 386. The summed E-state index contributed by atoms with van der Waals surface area (Å²) in [5.74, 6) is 0. The molecule has 0 bridgehead atoms. The average molecular weight is 225 g/mol. The highest BCUT2D eigenvalue weighted by Gasteiger charge is 2.04. The lowest BCUT2D eigenvalue weighted by atomic mass is 10.2. The van der Waals surface area contributed by atoms with Crippen molar-refractivity contribution in [2.75, 3.05) is 13.1 Å². The summed E-state index contributed by atoms with van der Waals surface area (Å²) in [6, 6.07) is 4.72. The molecule has 1 aromatic carbocycles. The largest absolute Gasteiger partial charge is 0.394 e. The summed E-state index contributed by atoms with van der Waals surface area (Å²) < 4.78 is 32.8. The second-order valence-electron chi connectivity index (χ2n) is 2.20. The SMILES string of the molecule is [2H]C([2H])(O)C([2H])([2H])OCc1c(Cl)cccc1Cl. The Labute approximate surface area is 92.7 Å². The van der Waals surface area contributed by atoms with E-state index in [2.05, 4.69) is 4.74 Å². The fourth-order valence-corrected chi connectivity index (χ4v) is 1.32. The predicted octanol–water partition coefficient (Wildman–Crippen LogP) is 2.50. The zero-order valence-electron chi connectivity index (χ0n) is 10.6. The number of rotatable bonds is 4. The van der Waals surface area contributed by atoms with Crippen LogP contribution in [0.4, 0.5) is 0 Å². The van der Waals surface area contributed by atoms with E-state index < -0.39 is 13.1 Å². The maximum Gasteiger partial charge on any atom is 0.0747 e. The maximum atomic E-state index is 8.93. The molecule has 0 aliphatic carbocycles. The van der Waals surface area contributed by atoms with Crippen LogP contribution < -0.4 is 0 Å². The van der Waals surface area contributed by atoms with Crippen molar-refractivity contribution >= 4 is 23.2 Å². The second kappa shape index (κ2) is 5.45. The predicted molar refractivity (Wildman–Crippen MR) is 53.2 cm³/mol. The summed E-state index contributed by atoms with van der Waals surface area (Å²) >= 11 is 11.7. The normalized spacial score (nSPS) is 17.2. The minimum atomic E-state index is -3.11. The monoisotopic (exact) mass is 224 g/mol. The smallest absolute Gasteiger partial charge is 0.0747 e. The maximum absolute atomic E-state index is 8.93. The van der Waals surface area contributed by atoms with Crippen LogP contribution in [0.2, 0.25) is 10.0 Å². The van der Waals surface area contributed by atoms with Gasteiger partial charge in [-0.25, -0.2) is 0 Å². The molecule has 1 aromatic rings. The van der Waals surface area contributed by atoms with Gasteiger partial charge in [0.15, 0.2) is 0 Å². The Hall–Kier alpha value is -0.280. The molecule has 72 valence electrons. The number of ether oxygens (including phenoxy) is 1. The van der Waals surface area contributed by atoms with Crippen molar-refractivity contribution in [3.05, 3.63) is 33.8 Å². The Morgan fingerprint density at radius 2 is 2.00 bits per heavy atom. The first-order valence-corrected chi connectivity index (χ1v) is 4.20. The molecular formula is C9H10Cl2O2. The molecular weight excluding hydrogens is 211 g/mol. The van der Waals surface area contributed by atoms with Crippen LogP contribution in [0.25, 0.3) is 0 Å². The van der Waals surface area contributed by atoms with Crippen molar-refractivity contribution in [1.82, 2.24) is 0 Å². The highest BCUT2D eigenvalue weighted by atomic mass is 35.5. The van der Waals surface area contributed by atoms with E-state index in [1.807, 2.05) is 0 Å². The fraction of sp³-hybridized carbons (Fsp3) is 0.333. The molecule has 0 aliphatic rings. The lowest BCUT2D eigenvalue weighted by Crippen LogP contribution is -2.00. The molecule has 0 radical (unpaired) electrons. The van der Waals surface area contributed by atoms with Crippen molar-refractivity contribution < 1.29 is 15.3 Å². The molecule has 0 spiro atoms. The molecule has 1 N–H and O–H groups in total. The van der Waals surface area contributed by atoms with Gasteiger partial charge in [0.1, 0.15) is 0 Å². The molecule has 0 atom stereocenters. The highest BCUT2D eigenvalue weighted by Crippen LogP contribution is 2.24. The van der Waals surface area contributed by atoms with Crippen molar-refractivity contribution in [2.45, 2.75) is 6.61 Å². The van der Waals surface area contributed by atoms with Crippen LogP contribution in [0.15, 0.2) is 18.2 Å². The Kier molecular flexibility index (Phi) is 2.62. The van der Waals surface area contributed by atoms with Crippen LogP contribution in [-0.4, -0.2) is 18.2 Å². The molecule has 0 heterocycles. The quantitative estimate of drug-likeness (QED) is 0.852. The number of aliphatic hydroxyl groups is 1. The van der Waals surface area contributed by atoms with E-state index in [0.717, 1.165) is 0 Å². The van der Waals surface area contributed by atoms with E-state index in [-0.39, 0.29) is 16.7 Å². The van der Waals surface area contributed by atoms with Gasteiger partial charge in [0.25, 0.3) is 0 Å². The average Bonchev–Trinajstić information content (AvgIpc) is 2.15. The van der Waals surface area contributed by atoms with Gasteiger partial charge in [-0.15, -0.1) is 0 Å². The van der Waals surface area contributed by atoms with Gasteiger partial charge in [-0.3, -0.25) is 0 Å². The first kappa shape index (κ1) is 6.25. The first-order valence-electron chi connectivity index (χ1n) is 5.44. The second-order valence-corrected chi connectivity index (χ2v) is 3.02. The lowest BCUT2D eigenvalue weighted by Gasteiger charge is -2.06. The van der Waals surface area contributed by atoms with Gasteiger partial charge in [0, 0.05) is 15.6 Å². The molecule has 0 aliphatic heterocycles. The van der Waals surface area contributed by atoms with Gasteiger partial charge >= 0.3 is 0 Å². The molecule has 13 heavy (non-hydrogen) atoms. The Morgan fingerprint density at radius 3 is 2.54 bits per heavy atom. The zero-order valence-corrected chi connectivity index (χ0v) is 8.06. The molecule has 0 saturated heterocycles. The van der Waals surface area contributed by atoms with E-state index in [1.54, 1.807) is 18.2 Å². The van der Waals surface area contributed by atoms with Crippen LogP contribution in [0.1, 0.15) is 11.0 Å². The van der Waals surface area contributed by atoms with Crippen molar-refractivity contribution in [1.29, 1.82) is 0 Å². The van der Waals surface area contributed by atoms with Crippen LogP contribution >= 0.6 is 23.2 Å². The molecule has 2 nitrogen and oxygen atoms in total. The van der Waals surface area contributed by atoms with Crippen molar-refractivity contribution in [3.8, 4) is 0 Å². The van der Waals surface area contributed by atoms with Gasteiger partial charge in [-0.1, -0.05) is 29.3 Å². The molecule has 0 amide bonds. The van der Waals surface area contributed by atoms with Crippen LogP contribution in [0.5, 0.6) is 0 Å². The topological polar surface area (TPSA) is 29.5 Å². The third-order valence-corrected chi connectivity index (χ3v) is 2.10. The van der Waals surface area contributed by atoms with Gasteiger partial charge in [-0.2, -0.15) is 0 Å². The molecule has 1 rings (SSSR count). The lowest BCUT2D eigenvalue weighted by molar-refractivity contribution is 0.0816. The number of hydrogen-bond donors (Lipinski definition) is 1. The van der Waals surface area contributed by atoms with Gasteiger partial charge in [0.2, 0.25) is 0 Å². The van der Waals surface area contributed by atoms with Crippen molar-refractivity contribution in [2.24, 2.45) is 0 Å². The summed E-state index contributed by atoms with van der Waals surface area (Å²) in [6.45, 7) is -6.30. The van der Waals surface area contributed by atoms with Crippen LogP contribution in [-0.2, 0) is 11.3 Å². The minimum Gasteiger partial charge on any atom is -0.394 e. The molecule has 0 saturated carbocycles. The standard InChI is InChI=1S/C9H10Cl2O2/c10-8-2-1-3-9(11)7(8)6-13-5-4-12/h1-3,12H,4-6H2/i4D2,5D2. The van der Waals surface area contributed by atoms with Crippen LogP contribution in [0.3, 0.4) is 0 Å². The molecule has 0 unspecified atom stereocenters. The molecule has 0 aromatic heterocycles. The summed E-state index contributed by atoms with van der Waals surface area (Å²) in [4.78, 5) is 0. The van der Waals surface area contributed by atoms with Gasteiger partial charge in [0.05, 0.1) is 25.2 Å². The van der Waals surface area contributed by atoms with Crippen molar-refractivity contribution in [3.63, 3.8) is 0 Å².